The second-order valence-corrected chi connectivity index (χ2v) is 9.37. The monoisotopic (exact) mass is 504 g/mol. The van der Waals surface area contributed by atoms with Crippen LogP contribution in [0.5, 0.6) is 0 Å². The lowest BCUT2D eigenvalue weighted by Crippen LogP contribution is -2.34. The molecule has 6 nitrogen and oxygen atoms in total. The summed E-state index contributed by atoms with van der Waals surface area (Å²) in [5, 5.41) is 5.74. The molecular formula is C25H24ClF3N4O2. The van der Waals surface area contributed by atoms with E-state index in [1.54, 1.807) is 24.3 Å². The third-order valence-corrected chi connectivity index (χ3v) is 5.29. The number of halogens is 4. The standard InChI is InChI=1S/C25H24ClF3N4O2/c1-14(34)31-23-32-20(16-6-8-17(9-7-16)25(27,28)29)12-21(33-23)18-11-15(5-10-19(18)26)13-30-22(35)24(2,3)4/h5-12H,13H2,1-4H3,(H,30,35)(H,31,32,33,34). The van der Waals surface area contributed by atoms with E-state index in [2.05, 4.69) is 20.6 Å². The number of rotatable bonds is 5. The predicted octanol–water partition coefficient (Wildman–Crippen LogP) is 6.10. The number of nitrogens with zero attached hydrogens (tertiary/aromatic N) is 2. The molecule has 0 atom stereocenters. The zero-order valence-corrected chi connectivity index (χ0v) is 20.3. The molecule has 0 saturated heterocycles. The number of hydrogen-bond acceptors (Lipinski definition) is 4. The Bertz CT molecular complexity index is 1250. The van der Waals surface area contributed by atoms with E-state index in [9.17, 15) is 22.8 Å². The molecule has 184 valence electrons. The first-order valence-electron chi connectivity index (χ1n) is 10.7. The number of alkyl halides is 3. The van der Waals surface area contributed by atoms with Gasteiger partial charge in [-0.05, 0) is 35.9 Å². The molecule has 10 heteroatoms. The average molecular weight is 505 g/mol. The van der Waals surface area contributed by atoms with E-state index < -0.39 is 23.1 Å². The van der Waals surface area contributed by atoms with Gasteiger partial charge in [-0.2, -0.15) is 13.2 Å². The summed E-state index contributed by atoms with van der Waals surface area (Å²) in [5.41, 5.74) is 0.992. The number of amides is 2. The molecular weight excluding hydrogens is 481 g/mol. The molecule has 3 aromatic rings. The van der Waals surface area contributed by atoms with E-state index >= 15 is 0 Å². The third-order valence-electron chi connectivity index (χ3n) is 4.96. The minimum absolute atomic E-state index is 0.0209. The van der Waals surface area contributed by atoms with Gasteiger partial charge in [0.25, 0.3) is 0 Å². The van der Waals surface area contributed by atoms with Gasteiger partial charge in [0.05, 0.1) is 17.0 Å². The molecule has 0 radical (unpaired) electrons. The van der Waals surface area contributed by atoms with Gasteiger partial charge in [0.1, 0.15) is 0 Å². The molecule has 0 unspecified atom stereocenters. The van der Waals surface area contributed by atoms with Gasteiger partial charge in [0.15, 0.2) is 0 Å². The van der Waals surface area contributed by atoms with Gasteiger partial charge in [-0.1, -0.05) is 50.6 Å². The summed E-state index contributed by atoms with van der Waals surface area (Å²) in [4.78, 5) is 32.5. The minimum atomic E-state index is -4.47. The summed E-state index contributed by atoms with van der Waals surface area (Å²) in [6.45, 7) is 6.98. The Kier molecular flexibility index (Phi) is 7.50. The van der Waals surface area contributed by atoms with E-state index in [-0.39, 0.29) is 18.4 Å². The molecule has 0 bridgehead atoms. The second-order valence-electron chi connectivity index (χ2n) is 8.97. The van der Waals surface area contributed by atoms with Crippen molar-refractivity contribution in [1.29, 1.82) is 0 Å². The van der Waals surface area contributed by atoms with Crippen molar-refractivity contribution in [2.24, 2.45) is 5.41 Å². The predicted molar refractivity (Wildman–Crippen MR) is 129 cm³/mol. The van der Waals surface area contributed by atoms with Crippen LogP contribution in [0.15, 0.2) is 48.5 Å². The lowest BCUT2D eigenvalue weighted by Gasteiger charge is -2.18. The van der Waals surface area contributed by atoms with Crippen molar-refractivity contribution in [3.8, 4) is 22.5 Å². The number of nitrogens with one attached hydrogen (secondary N) is 2. The topological polar surface area (TPSA) is 84.0 Å². The summed E-state index contributed by atoms with van der Waals surface area (Å²) in [6, 6.07) is 11.3. The molecule has 0 aliphatic carbocycles. The van der Waals surface area contributed by atoms with Gasteiger partial charge in [0, 0.05) is 35.0 Å². The lowest BCUT2D eigenvalue weighted by atomic mass is 9.95. The molecule has 1 heterocycles. The molecule has 2 amide bonds. The highest BCUT2D eigenvalue weighted by molar-refractivity contribution is 6.33. The van der Waals surface area contributed by atoms with Crippen LogP contribution in [0, 0.1) is 5.41 Å². The molecule has 0 saturated carbocycles. The Hall–Kier alpha value is -3.46. The fourth-order valence-electron chi connectivity index (χ4n) is 3.10. The first-order chi connectivity index (χ1) is 16.2. The van der Waals surface area contributed by atoms with E-state index in [1.807, 2.05) is 20.8 Å². The van der Waals surface area contributed by atoms with Crippen molar-refractivity contribution < 1.29 is 22.8 Å². The molecule has 0 aliphatic heterocycles. The average Bonchev–Trinajstić information content (AvgIpc) is 2.76. The maximum Gasteiger partial charge on any atom is 0.416 e. The smallest absolute Gasteiger partial charge is 0.352 e. The van der Waals surface area contributed by atoms with Crippen molar-refractivity contribution in [2.45, 2.75) is 40.4 Å². The quantitative estimate of drug-likeness (QED) is 0.439. The Morgan fingerprint density at radius 2 is 1.57 bits per heavy atom. The third kappa shape index (κ3) is 6.79. The summed E-state index contributed by atoms with van der Waals surface area (Å²) >= 11 is 6.43. The van der Waals surface area contributed by atoms with Crippen molar-refractivity contribution >= 4 is 29.4 Å². The summed E-state index contributed by atoms with van der Waals surface area (Å²) in [5.74, 6) is -0.550. The molecule has 3 rings (SSSR count). The van der Waals surface area contributed by atoms with Crippen LogP contribution in [0.3, 0.4) is 0 Å². The Morgan fingerprint density at radius 3 is 2.14 bits per heavy atom. The van der Waals surface area contributed by atoms with E-state index in [4.69, 9.17) is 11.6 Å². The number of aromatic nitrogens is 2. The second kappa shape index (κ2) is 10.0. The Balaban J connectivity index is 2.02. The van der Waals surface area contributed by atoms with Gasteiger partial charge in [-0.15, -0.1) is 0 Å². The van der Waals surface area contributed by atoms with Crippen LogP contribution < -0.4 is 10.6 Å². The highest BCUT2D eigenvalue weighted by Crippen LogP contribution is 2.33. The van der Waals surface area contributed by atoms with Crippen LogP contribution in [0.25, 0.3) is 22.5 Å². The number of benzene rings is 2. The highest BCUT2D eigenvalue weighted by atomic mass is 35.5. The van der Waals surface area contributed by atoms with Crippen molar-refractivity contribution in [1.82, 2.24) is 15.3 Å². The minimum Gasteiger partial charge on any atom is -0.352 e. The van der Waals surface area contributed by atoms with Crippen molar-refractivity contribution in [3.63, 3.8) is 0 Å². The van der Waals surface area contributed by atoms with Gasteiger partial charge >= 0.3 is 6.18 Å². The Labute approximate surface area is 205 Å². The fraction of sp³-hybridized carbons (Fsp3) is 0.280. The normalized spacial score (nSPS) is 11.8. The highest BCUT2D eigenvalue weighted by Gasteiger charge is 2.30. The van der Waals surface area contributed by atoms with E-state index in [0.29, 0.717) is 27.5 Å². The molecule has 2 N–H and O–H groups in total. The van der Waals surface area contributed by atoms with Crippen LogP contribution in [-0.2, 0) is 22.3 Å². The maximum atomic E-state index is 13.0. The number of carbonyl (C=O) groups excluding carboxylic acids is 2. The van der Waals surface area contributed by atoms with Gasteiger partial charge in [-0.25, -0.2) is 9.97 Å². The maximum absolute atomic E-state index is 13.0. The zero-order valence-electron chi connectivity index (χ0n) is 19.5. The molecule has 1 aromatic heterocycles. The summed E-state index contributed by atoms with van der Waals surface area (Å²) < 4.78 is 38.9. The first-order valence-corrected chi connectivity index (χ1v) is 11.0. The van der Waals surface area contributed by atoms with E-state index in [0.717, 1.165) is 17.7 Å². The van der Waals surface area contributed by atoms with Crippen LogP contribution in [0.4, 0.5) is 19.1 Å². The summed E-state index contributed by atoms with van der Waals surface area (Å²) in [6.07, 6.45) is -4.47. The zero-order chi connectivity index (χ0) is 26.0. The molecule has 0 spiro atoms. The van der Waals surface area contributed by atoms with Crippen LogP contribution >= 0.6 is 11.6 Å². The molecule has 0 aliphatic rings. The van der Waals surface area contributed by atoms with Crippen LogP contribution in [0.1, 0.15) is 38.8 Å². The van der Waals surface area contributed by atoms with Gasteiger partial charge in [-0.3, -0.25) is 14.9 Å². The molecule has 2 aromatic carbocycles. The van der Waals surface area contributed by atoms with Crippen LogP contribution in [0.2, 0.25) is 5.02 Å². The van der Waals surface area contributed by atoms with E-state index in [1.165, 1.54) is 19.1 Å². The number of anilines is 1. The summed E-state index contributed by atoms with van der Waals surface area (Å²) in [7, 11) is 0. The first kappa shape index (κ1) is 26.2. The lowest BCUT2D eigenvalue weighted by molar-refractivity contribution is -0.137. The van der Waals surface area contributed by atoms with Crippen LogP contribution in [-0.4, -0.2) is 21.8 Å². The number of carbonyl (C=O) groups is 2. The Morgan fingerprint density at radius 1 is 0.943 bits per heavy atom. The SMILES string of the molecule is CC(=O)Nc1nc(-c2ccc(C(F)(F)F)cc2)cc(-c2cc(CNC(=O)C(C)(C)C)ccc2Cl)n1. The molecule has 35 heavy (non-hydrogen) atoms. The molecule has 0 fully saturated rings. The largest absolute Gasteiger partial charge is 0.416 e. The van der Waals surface area contributed by atoms with Gasteiger partial charge in [0.2, 0.25) is 17.8 Å². The fourth-order valence-corrected chi connectivity index (χ4v) is 3.32. The van der Waals surface area contributed by atoms with Gasteiger partial charge < -0.3 is 5.32 Å². The number of hydrogen-bond donors (Lipinski definition) is 2. The van der Waals surface area contributed by atoms with Crippen molar-refractivity contribution in [3.05, 3.63) is 64.7 Å². The van der Waals surface area contributed by atoms with Crippen molar-refractivity contribution in [2.75, 3.05) is 5.32 Å².